The van der Waals surface area contributed by atoms with Crippen molar-refractivity contribution in [3.63, 3.8) is 0 Å². The first-order valence-corrected chi connectivity index (χ1v) is 7.47. The number of rotatable bonds is 4. The minimum Gasteiger partial charge on any atom is -0.377 e. The van der Waals surface area contributed by atoms with E-state index in [2.05, 4.69) is 15.7 Å². The highest BCUT2D eigenvalue weighted by Gasteiger charge is 2.20. The SMILES string of the molecule is O=C(Cc1csc(-c2ccsc2)n1)NC1COC1. The van der Waals surface area contributed by atoms with Crippen LogP contribution < -0.4 is 5.32 Å². The first kappa shape index (κ1) is 11.8. The van der Waals surface area contributed by atoms with Crippen molar-refractivity contribution in [2.24, 2.45) is 0 Å². The molecule has 1 N–H and O–H groups in total. The van der Waals surface area contributed by atoms with Gasteiger partial charge in [-0.1, -0.05) is 0 Å². The van der Waals surface area contributed by atoms with E-state index < -0.39 is 0 Å². The fraction of sp³-hybridized carbons (Fsp3) is 0.333. The van der Waals surface area contributed by atoms with Crippen molar-refractivity contribution in [2.45, 2.75) is 12.5 Å². The van der Waals surface area contributed by atoms with Crippen LogP contribution in [0.5, 0.6) is 0 Å². The molecule has 6 heteroatoms. The van der Waals surface area contributed by atoms with Crippen molar-refractivity contribution >= 4 is 28.6 Å². The smallest absolute Gasteiger partial charge is 0.226 e. The first-order valence-electron chi connectivity index (χ1n) is 5.65. The van der Waals surface area contributed by atoms with Gasteiger partial charge in [0.05, 0.1) is 31.4 Å². The minimum absolute atomic E-state index is 0.0190. The van der Waals surface area contributed by atoms with E-state index in [0.717, 1.165) is 16.3 Å². The maximum atomic E-state index is 11.7. The quantitative estimate of drug-likeness (QED) is 0.931. The van der Waals surface area contributed by atoms with E-state index >= 15 is 0 Å². The van der Waals surface area contributed by atoms with E-state index in [1.54, 1.807) is 22.7 Å². The Morgan fingerprint density at radius 3 is 3.06 bits per heavy atom. The molecule has 0 aliphatic carbocycles. The van der Waals surface area contributed by atoms with E-state index in [9.17, 15) is 4.79 Å². The molecule has 1 amide bonds. The van der Waals surface area contributed by atoms with Crippen LogP contribution in [0.3, 0.4) is 0 Å². The molecule has 18 heavy (non-hydrogen) atoms. The number of nitrogens with one attached hydrogen (secondary N) is 1. The van der Waals surface area contributed by atoms with Crippen molar-refractivity contribution in [3.8, 4) is 10.6 Å². The molecule has 2 aromatic heterocycles. The van der Waals surface area contributed by atoms with E-state index in [1.165, 1.54) is 0 Å². The third kappa shape index (κ3) is 2.60. The van der Waals surface area contributed by atoms with E-state index in [1.807, 2.05) is 16.8 Å². The predicted octanol–water partition coefficient (Wildman–Crippen LogP) is 1.93. The molecular formula is C12H12N2O2S2. The summed E-state index contributed by atoms with van der Waals surface area (Å²) in [6.07, 6.45) is 0.344. The maximum Gasteiger partial charge on any atom is 0.226 e. The van der Waals surface area contributed by atoms with Gasteiger partial charge in [0.1, 0.15) is 5.01 Å². The first-order chi connectivity index (χ1) is 8.81. The average Bonchev–Trinajstić information content (AvgIpc) is 2.92. The molecule has 0 radical (unpaired) electrons. The Kier molecular flexibility index (Phi) is 3.40. The van der Waals surface area contributed by atoms with Gasteiger partial charge >= 0.3 is 0 Å². The van der Waals surface area contributed by atoms with Crippen molar-refractivity contribution in [1.29, 1.82) is 0 Å². The highest BCUT2D eigenvalue weighted by atomic mass is 32.1. The molecule has 0 unspecified atom stereocenters. The third-order valence-corrected chi connectivity index (χ3v) is 4.29. The molecule has 1 saturated heterocycles. The largest absolute Gasteiger partial charge is 0.377 e. The molecular weight excluding hydrogens is 268 g/mol. The number of hydrogen-bond acceptors (Lipinski definition) is 5. The molecule has 0 spiro atoms. The third-order valence-electron chi connectivity index (χ3n) is 2.66. The van der Waals surface area contributed by atoms with Gasteiger partial charge in [0, 0.05) is 16.3 Å². The van der Waals surface area contributed by atoms with Crippen LogP contribution in [0.25, 0.3) is 10.6 Å². The number of hydrogen-bond donors (Lipinski definition) is 1. The molecule has 0 saturated carbocycles. The van der Waals surface area contributed by atoms with Crippen LogP contribution in [0.15, 0.2) is 22.2 Å². The summed E-state index contributed by atoms with van der Waals surface area (Å²) in [7, 11) is 0. The summed E-state index contributed by atoms with van der Waals surface area (Å²) in [5.41, 5.74) is 1.96. The topological polar surface area (TPSA) is 51.2 Å². The number of carbonyl (C=O) groups excluding carboxylic acids is 1. The normalized spacial score (nSPS) is 15.3. The lowest BCUT2D eigenvalue weighted by Gasteiger charge is -2.26. The summed E-state index contributed by atoms with van der Waals surface area (Å²) < 4.78 is 5.01. The lowest BCUT2D eigenvalue weighted by molar-refractivity contribution is -0.124. The Labute approximate surface area is 113 Å². The van der Waals surface area contributed by atoms with E-state index in [0.29, 0.717) is 19.6 Å². The number of ether oxygens (including phenoxy) is 1. The van der Waals surface area contributed by atoms with Gasteiger partial charge in [-0.05, 0) is 11.4 Å². The zero-order chi connectivity index (χ0) is 12.4. The Morgan fingerprint density at radius 1 is 1.50 bits per heavy atom. The van der Waals surface area contributed by atoms with Crippen molar-refractivity contribution < 1.29 is 9.53 Å². The average molecular weight is 280 g/mol. The summed E-state index contributed by atoms with van der Waals surface area (Å²) >= 11 is 3.23. The second-order valence-corrected chi connectivity index (χ2v) is 5.77. The van der Waals surface area contributed by atoms with Crippen LogP contribution in [0.4, 0.5) is 0 Å². The summed E-state index contributed by atoms with van der Waals surface area (Å²) in [6.45, 7) is 1.26. The molecule has 0 atom stereocenters. The van der Waals surface area contributed by atoms with Crippen LogP contribution in [0, 0.1) is 0 Å². The summed E-state index contributed by atoms with van der Waals surface area (Å²) in [5.74, 6) is 0.0190. The zero-order valence-corrected chi connectivity index (χ0v) is 11.2. The predicted molar refractivity (Wildman–Crippen MR) is 71.9 cm³/mol. The van der Waals surface area contributed by atoms with Crippen LogP contribution >= 0.6 is 22.7 Å². The highest BCUT2D eigenvalue weighted by molar-refractivity contribution is 7.14. The Balaban J connectivity index is 1.61. The van der Waals surface area contributed by atoms with Crippen molar-refractivity contribution in [1.82, 2.24) is 10.3 Å². The van der Waals surface area contributed by atoms with Gasteiger partial charge in [0.25, 0.3) is 0 Å². The number of carbonyl (C=O) groups is 1. The lowest BCUT2D eigenvalue weighted by Crippen LogP contribution is -2.49. The van der Waals surface area contributed by atoms with Gasteiger partial charge in [-0.3, -0.25) is 4.79 Å². The van der Waals surface area contributed by atoms with Crippen molar-refractivity contribution in [2.75, 3.05) is 13.2 Å². The molecule has 0 aromatic carbocycles. The maximum absolute atomic E-state index is 11.7. The van der Waals surface area contributed by atoms with Crippen molar-refractivity contribution in [3.05, 3.63) is 27.9 Å². The lowest BCUT2D eigenvalue weighted by atomic mass is 10.2. The van der Waals surface area contributed by atoms with Crippen LogP contribution in [-0.4, -0.2) is 30.1 Å². The molecule has 4 nitrogen and oxygen atoms in total. The minimum atomic E-state index is 0.0190. The summed E-state index contributed by atoms with van der Waals surface area (Å²) in [6, 6.07) is 2.23. The second-order valence-electron chi connectivity index (χ2n) is 4.13. The molecule has 1 aliphatic heterocycles. The number of thiazole rings is 1. The Bertz CT molecular complexity index is 532. The highest BCUT2D eigenvalue weighted by Crippen LogP contribution is 2.25. The van der Waals surface area contributed by atoms with E-state index in [4.69, 9.17) is 4.74 Å². The van der Waals surface area contributed by atoms with Gasteiger partial charge in [0.2, 0.25) is 5.91 Å². The number of aromatic nitrogens is 1. The fourth-order valence-electron chi connectivity index (χ4n) is 1.67. The Hall–Kier alpha value is -1.24. The molecule has 2 aromatic rings. The molecule has 1 fully saturated rings. The molecule has 94 valence electrons. The summed E-state index contributed by atoms with van der Waals surface area (Å²) in [4.78, 5) is 16.2. The Morgan fingerprint density at radius 2 is 2.39 bits per heavy atom. The molecule has 0 bridgehead atoms. The van der Waals surface area contributed by atoms with Crippen LogP contribution in [-0.2, 0) is 16.0 Å². The standard InChI is InChI=1S/C12H12N2O2S2/c15-11(13-10-4-16-5-10)3-9-7-18-12(14-9)8-1-2-17-6-8/h1-2,6-7,10H,3-5H2,(H,13,15). The van der Waals surface area contributed by atoms with Gasteiger partial charge in [-0.15, -0.1) is 11.3 Å². The summed E-state index contributed by atoms with van der Waals surface area (Å²) in [5, 5.41) is 9.93. The number of nitrogens with zero attached hydrogens (tertiary/aromatic N) is 1. The van der Waals surface area contributed by atoms with Crippen LogP contribution in [0.2, 0.25) is 0 Å². The molecule has 3 rings (SSSR count). The monoisotopic (exact) mass is 280 g/mol. The van der Waals surface area contributed by atoms with Gasteiger partial charge < -0.3 is 10.1 Å². The number of amides is 1. The second kappa shape index (κ2) is 5.17. The number of thiophene rings is 1. The fourth-order valence-corrected chi connectivity index (χ4v) is 3.20. The zero-order valence-electron chi connectivity index (χ0n) is 9.59. The van der Waals surface area contributed by atoms with Gasteiger partial charge in [-0.2, -0.15) is 11.3 Å². The van der Waals surface area contributed by atoms with Crippen LogP contribution in [0.1, 0.15) is 5.69 Å². The van der Waals surface area contributed by atoms with E-state index in [-0.39, 0.29) is 11.9 Å². The van der Waals surface area contributed by atoms with Gasteiger partial charge in [-0.25, -0.2) is 4.98 Å². The molecule has 3 heterocycles. The molecule has 1 aliphatic rings. The van der Waals surface area contributed by atoms with Gasteiger partial charge in [0.15, 0.2) is 0 Å².